The third-order valence-corrected chi connectivity index (χ3v) is 6.04. The number of likely N-dealkylation sites (tertiary alicyclic amines) is 1. The molecule has 0 saturated carbocycles. The molecule has 0 N–H and O–H groups in total. The quantitative estimate of drug-likeness (QED) is 0.710. The van der Waals surface area contributed by atoms with E-state index in [0.717, 1.165) is 23.9 Å². The van der Waals surface area contributed by atoms with E-state index in [9.17, 15) is 14.0 Å². The largest absolute Gasteiger partial charge is 0.444 e. The van der Waals surface area contributed by atoms with Gasteiger partial charge >= 0.3 is 6.09 Å². The molecule has 7 nitrogen and oxygen atoms in total. The van der Waals surface area contributed by atoms with Gasteiger partial charge in [-0.15, -0.1) is 0 Å². The molecular formula is C24H31FN4O3. The lowest BCUT2D eigenvalue weighted by molar-refractivity contribution is -0.137. The normalized spacial score (nSPS) is 19.9. The van der Waals surface area contributed by atoms with Crippen molar-refractivity contribution in [2.24, 2.45) is 5.92 Å². The molecule has 8 heteroatoms. The van der Waals surface area contributed by atoms with E-state index in [0.29, 0.717) is 44.8 Å². The molecule has 2 fully saturated rings. The molecule has 0 aliphatic carbocycles. The Morgan fingerprint density at radius 1 is 1.06 bits per heavy atom. The summed E-state index contributed by atoms with van der Waals surface area (Å²) < 4.78 is 19.0. The minimum Gasteiger partial charge on any atom is -0.444 e. The fourth-order valence-corrected chi connectivity index (χ4v) is 4.48. The summed E-state index contributed by atoms with van der Waals surface area (Å²) in [7, 11) is 0. The molecule has 2 aromatic rings. The topological polar surface area (TPSA) is 66.0 Å². The van der Waals surface area contributed by atoms with Crippen LogP contribution in [0.1, 0.15) is 33.6 Å². The number of pyridine rings is 1. The van der Waals surface area contributed by atoms with Crippen molar-refractivity contribution in [2.75, 3.05) is 44.2 Å². The van der Waals surface area contributed by atoms with Crippen LogP contribution in [0.4, 0.5) is 14.9 Å². The monoisotopic (exact) mass is 442 g/mol. The number of amides is 2. The molecule has 172 valence electrons. The average Bonchev–Trinajstić information content (AvgIpc) is 2.77. The van der Waals surface area contributed by atoms with E-state index in [2.05, 4.69) is 9.88 Å². The lowest BCUT2D eigenvalue weighted by Gasteiger charge is -2.40. The second-order valence-electron chi connectivity index (χ2n) is 9.57. The van der Waals surface area contributed by atoms with Crippen molar-refractivity contribution in [3.63, 3.8) is 0 Å². The lowest BCUT2D eigenvalue weighted by Crippen LogP contribution is -2.53. The van der Waals surface area contributed by atoms with Gasteiger partial charge in [0, 0.05) is 62.6 Å². The zero-order valence-electron chi connectivity index (χ0n) is 19.0. The van der Waals surface area contributed by atoms with Crippen molar-refractivity contribution in [1.82, 2.24) is 14.8 Å². The number of hydrogen-bond donors (Lipinski definition) is 0. The lowest BCUT2D eigenvalue weighted by atomic mass is 9.96. The first-order valence-corrected chi connectivity index (χ1v) is 11.3. The highest BCUT2D eigenvalue weighted by molar-refractivity contribution is 5.91. The number of carbonyl (C=O) groups excluding carboxylic acids is 2. The Bertz CT molecular complexity index is 998. The third-order valence-electron chi connectivity index (χ3n) is 6.04. The number of nitrogens with zero attached hydrogens (tertiary/aromatic N) is 4. The zero-order valence-corrected chi connectivity index (χ0v) is 19.0. The Hall–Kier alpha value is -2.90. The summed E-state index contributed by atoms with van der Waals surface area (Å²) in [6.07, 6.45) is 2.94. The maximum absolute atomic E-state index is 13.6. The van der Waals surface area contributed by atoms with Crippen LogP contribution >= 0.6 is 0 Å². The Labute approximate surface area is 188 Å². The molecule has 1 atom stereocenters. The molecule has 4 rings (SSSR count). The molecule has 0 unspecified atom stereocenters. The molecule has 0 spiro atoms. The summed E-state index contributed by atoms with van der Waals surface area (Å²) in [5.74, 6) is -0.377. The van der Waals surface area contributed by atoms with Gasteiger partial charge < -0.3 is 19.4 Å². The van der Waals surface area contributed by atoms with Crippen LogP contribution in [0.3, 0.4) is 0 Å². The van der Waals surface area contributed by atoms with Gasteiger partial charge in [0.1, 0.15) is 11.4 Å². The van der Waals surface area contributed by atoms with E-state index in [-0.39, 0.29) is 23.7 Å². The van der Waals surface area contributed by atoms with Gasteiger partial charge in [-0.2, -0.15) is 0 Å². The van der Waals surface area contributed by atoms with Gasteiger partial charge in [-0.1, -0.05) is 0 Å². The molecule has 3 heterocycles. The predicted octanol–water partition coefficient (Wildman–Crippen LogP) is 3.67. The molecule has 2 aliphatic rings. The molecule has 0 bridgehead atoms. The molecular weight excluding hydrogens is 411 g/mol. The fourth-order valence-electron chi connectivity index (χ4n) is 4.48. The van der Waals surface area contributed by atoms with Gasteiger partial charge in [-0.25, -0.2) is 9.18 Å². The Balaban J connectivity index is 1.37. The van der Waals surface area contributed by atoms with Crippen molar-refractivity contribution in [2.45, 2.75) is 39.2 Å². The van der Waals surface area contributed by atoms with Gasteiger partial charge in [-0.05, 0) is 51.8 Å². The van der Waals surface area contributed by atoms with Crippen molar-refractivity contribution in [3.05, 3.63) is 36.3 Å². The zero-order chi connectivity index (χ0) is 22.9. The van der Waals surface area contributed by atoms with Gasteiger partial charge in [-0.3, -0.25) is 9.78 Å². The van der Waals surface area contributed by atoms with Crippen LogP contribution in [0.5, 0.6) is 0 Å². The number of ether oxygens (including phenoxy) is 1. The van der Waals surface area contributed by atoms with Crippen LogP contribution in [0, 0.1) is 11.7 Å². The Morgan fingerprint density at radius 2 is 1.81 bits per heavy atom. The number of carbonyl (C=O) groups is 2. The minimum absolute atomic E-state index is 0.111. The van der Waals surface area contributed by atoms with Crippen LogP contribution in [0.2, 0.25) is 0 Å². The molecule has 1 aromatic heterocycles. The van der Waals surface area contributed by atoms with Crippen molar-refractivity contribution in [1.29, 1.82) is 0 Å². The summed E-state index contributed by atoms with van der Waals surface area (Å²) in [5, 5.41) is 0.911. The van der Waals surface area contributed by atoms with Crippen LogP contribution in [-0.4, -0.2) is 71.7 Å². The highest BCUT2D eigenvalue weighted by Gasteiger charge is 2.34. The summed E-state index contributed by atoms with van der Waals surface area (Å²) in [6, 6.07) is 6.60. The van der Waals surface area contributed by atoms with Gasteiger partial charge in [0.05, 0.1) is 11.4 Å². The summed E-state index contributed by atoms with van der Waals surface area (Å²) in [5.41, 5.74) is 1.09. The van der Waals surface area contributed by atoms with Crippen molar-refractivity contribution in [3.8, 4) is 0 Å². The van der Waals surface area contributed by atoms with Crippen LogP contribution in [0.15, 0.2) is 30.5 Å². The summed E-state index contributed by atoms with van der Waals surface area (Å²) in [6.45, 7) is 9.21. The summed E-state index contributed by atoms with van der Waals surface area (Å²) >= 11 is 0. The van der Waals surface area contributed by atoms with Crippen molar-refractivity contribution < 1.29 is 18.7 Å². The maximum Gasteiger partial charge on any atom is 0.410 e. The number of halogens is 1. The first-order chi connectivity index (χ1) is 15.2. The molecule has 2 saturated heterocycles. The van der Waals surface area contributed by atoms with Crippen molar-refractivity contribution >= 4 is 28.6 Å². The Kier molecular flexibility index (Phi) is 6.22. The van der Waals surface area contributed by atoms with Crippen LogP contribution in [0.25, 0.3) is 10.9 Å². The SMILES string of the molecule is CC(C)(C)OC(=O)N1CCC[C@@H](C(=O)N2CCN(c3ccnc4cc(F)ccc34)CC2)C1. The van der Waals surface area contributed by atoms with E-state index in [1.54, 1.807) is 17.2 Å². The fraction of sp³-hybridized carbons (Fsp3) is 0.542. The Morgan fingerprint density at radius 3 is 2.53 bits per heavy atom. The number of anilines is 1. The molecule has 0 radical (unpaired) electrons. The second-order valence-corrected chi connectivity index (χ2v) is 9.57. The standard InChI is InChI=1S/C24H31FN4O3/c1-24(2,3)32-23(31)29-10-4-5-17(16-29)22(30)28-13-11-27(12-14-28)21-8-9-26-20-15-18(25)6-7-19(20)21/h6-9,15,17H,4-5,10-14,16H2,1-3H3/t17-/m1/s1. The van der Waals surface area contributed by atoms with E-state index < -0.39 is 5.60 Å². The molecule has 1 aromatic carbocycles. The van der Waals surface area contributed by atoms with Crippen LogP contribution in [-0.2, 0) is 9.53 Å². The van der Waals surface area contributed by atoms with Gasteiger partial charge in [0.25, 0.3) is 0 Å². The summed E-state index contributed by atoms with van der Waals surface area (Å²) in [4.78, 5) is 35.7. The highest BCUT2D eigenvalue weighted by atomic mass is 19.1. The first kappa shape index (κ1) is 22.3. The minimum atomic E-state index is -0.548. The number of benzene rings is 1. The number of piperazine rings is 1. The van der Waals surface area contributed by atoms with Gasteiger partial charge in [0.2, 0.25) is 5.91 Å². The second kappa shape index (κ2) is 8.92. The highest BCUT2D eigenvalue weighted by Crippen LogP contribution is 2.28. The molecule has 2 amide bonds. The number of hydrogen-bond acceptors (Lipinski definition) is 5. The number of aromatic nitrogens is 1. The number of rotatable bonds is 2. The third kappa shape index (κ3) is 4.95. The first-order valence-electron chi connectivity index (χ1n) is 11.3. The van der Waals surface area contributed by atoms with E-state index in [1.807, 2.05) is 31.7 Å². The van der Waals surface area contributed by atoms with Crippen LogP contribution < -0.4 is 4.90 Å². The van der Waals surface area contributed by atoms with E-state index in [4.69, 9.17) is 4.74 Å². The van der Waals surface area contributed by atoms with E-state index >= 15 is 0 Å². The maximum atomic E-state index is 13.6. The number of piperidine rings is 1. The molecule has 32 heavy (non-hydrogen) atoms. The average molecular weight is 443 g/mol. The number of fused-ring (bicyclic) bond motifs is 1. The smallest absolute Gasteiger partial charge is 0.410 e. The van der Waals surface area contributed by atoms with Gasteiger partial charge in [0.15, 0.2) is 0 Å². The molecule has 2 aliphatic heterocycles. The predicted molar refractivity (Wildman–Crippen MR) is 121 cm³/mol. The van der Waals surface area contributed by atoms with E-state index in [1.165, 1.54) is 12.1 Å².